The van der Waals surface area contributed by atoms with E-state index in [0.29, 0.717) is 24.5 Å². The van der Waals surface area contributed by atoms with Gasteiger partial charge in [-0.25, -0.2) is 0 Å². The lowest BCUT2D eigenvalue weighted by Gasteiger charge is -2.37. The fraction of sp³-hybridized carbons (Fsp3) is 0.391. The number of benzene rings is 2. The molecule has 29 heavy (non-hydrogen) atoms. The van der Waals surface area contributed by atoms with Gasteiger partial charge in [0.1, 0.15) is 12.3 Å². The summed E-state index contributed by atoms with van der Waals surface area (Å²) in [7, 11) is 1.58. The zero-order valence-electron chi connectivity index (χ0n) is 17.6. The van der Waals surface area contributed by atoms with Crippen molar-refractivity contribution in [2.45, 2.75) is 20.8 Å². The zero-order valence-corrected chi connectivity index (χ0v) is 17.6. The molecular weight excluding hydrogens is 366 g/mol. The van der Waals surface area contributed by atoms with Crippen LogP contribution in [0.2, 0.25) is 0 Å². The molecule has 2 aromatic rings. The van der Waals surface area contributed by atoms with Gasteiger partial charge in [0.05, 0.1) is 7.11 Å². The van der Waals surface area contributed by atoms with Gasteiger partial charge in [-0.2, -0.15) is 0 Å². The number of anilines is 2. The van der Waals surface area contributed by atoms with Crippen molar-refractivity contribution in [3.05, 3.63) is 53.6 Å². The van der Waals surface area contributed by atoms with Gasteiger partial charge >= 0.3 is 0 Å². The number of amides is 2. The summed E-state index contributed by atoms with van der Waals surface area (Å²) in [6, 6.07) is 13.6. The minimum atomic E-state index is -0.166. The number of aryl methyl sites for hydroxylation is 1. The van der Waals surface area contributed by atoms with Crippen molar-refractivity contribution in [2.24, 2.45) is 0 Å². The molecule has 3 rings (SSSR count). The standard InChI is InChI=1S/C23H29N3O3/c1-17-7-5-10-22(18(17)2)24-11-13-25(14-12-24)23(28)16-26(19(3)27)20-8-6-9-21(15-20)29-4/h5-10,15H,11-14,16H2,1-4H3. The number of hydrogen-bond donors (Lipinski definition) is 0. The third-order valence-electron chi connectivity index (χ3n) is 5.59. The predicted octanol–water partition coefficient (Wildman–Crippen LogP) is 3.01. The summed E-state index contributed by atoms with van der Waals surface area (Å²) in [5.41, 5.74) is 4.46. The highest BCUT2D eigenvalue weighted by molar-refractivity contribution is 5.97. The Balaban J connectivity index is 1.65. The van der Waals surface area contributed by atoms with E-state index in [-0.39, 0.29) is 18.4 Å². The highest BCUT2D eigenvalue weighted by Crippen LogP contribution is 2.24. The Kier molecular flexibility index (Phi) is 6.42. The van der Waals surface area contributed by atoms with Crippen molar-refractivity contribution in [1.29, 1.82) is 0 Å². The van der Waals surface area contributed by atoms with Crippen molar-refractivity contribution >= 4 is 23.2 Å². The van der Waals surface area contributed by atoms with E-state index in [1.165, 1.54) is 28.6 Å². The molecule has 0 spiro atoms. The van der Waals surface area contributed by atoms with Crippen LogP contribution in [0, 0.1) is 13.8 Å². The summed E-state index contributed by atoms with van der Waals surface area (Å²) in [6.45, 7) is 8.64. The first kappa shape index (κ1) is 20.7. The summed E-state index contributed by atoms with van der Waals surface area (Å²) in [4.78, 5) is 30.7. The number of piperazine rings is 1. The largest absolute Gasteiger partial charge is 0.497 e. The molecule has 0 aliphatic carbocycles. The quantitative estimate of drug-likeness (QED) is 0.781. The Hall–Kier alpha value is -3.02. The molecule has 1 aliphatic heterocycles. The molecule has 2 amide bonds. The van der Waals surface area contributed by atoms with E-state index in [2.05, 4.69) is 36.9 Å². The molecule has 0 bridgehead atoms. The van der Waals surface area contributed by atoms with Crippen molar-refractivity contribution in [3.63, 3.8) is 0 Å². The Labute approximate surface area is 172 Å². The molecule has 0 radical (unpaired) electrons. The molecule has 0 saturated carbocycles. The monoisotopic (exact) mass is 395 g/mol. The first-order chi connectivity index (χ1) is 13.9. The first-order valence-corrected chi connectivity index (χ1v) is 9.92. The molecule has 0 N–H and O–H groups in total. The number of nitrogens with zero attached hydrogens (tertiary/aromatic N) is 3. The first-order valence-electron chi connectivity index (χ1n) is 9.92. The highest BCUT2D eigenvalue weighted by atomic mass is 16.5. The molecule has 6 nitrogen and oxygen atoms in total. The van der Waals surface area contributed by atoms with Crippen LogP contribution in [0.4, 0.5) is 11.4 Å². The molecule has 6 heteroatoms. The number of ether oxygens (including phenoxy) is 1. The van der Waals surface area contributed by atoms with Gasteiger partial charge in [-0.15, -0.1) is 0 Å². The maximum Gasteiger partial charge on any atom is 0.242 e. The van der Waals surface area contributed by atoms with Gasteiger partial charge < -0.3 is 19.4 Å². The van der Waals surface area contributed by atoms with Crippen LogP contribution in [-0.2, 0) is 9.59 Å². The molecule has 0 atom stereocenters. The third-order valence-corrected chi connectivity index (χ3v) is 5.59. The molecule has 1 heterocycles. The van der Waals surface area contributed by atoms with Crippen LogP contribution < -0.4 is 14.5 Å². The molecule has 0 aromatic heterocycles. The van der Waals surface area contributed by atoms with Crippen LogP contribution in [0.5, 0.6) is 5.75 Å². The van der Waals surface area contributed by atoms with Gasteiger partial charge in [-0.1, -0.05) is 18.2 Å². The van der Waals surface area contributed by atoms with E-state index >= 15 is 0 Å². The van der Waals surface area contributed by atoms with E-state index in [9.17, 15) is 9.59 Å². The summed E-state index contributed by atoms with van der Waals surface area (Å²) in [5, 5.41) is 0. The van der Waals surface area contributed by atoms with Crippen LogP contribution in [0.1, 0.15) is 18.1 Å². The lowest BCUT2D eigenvalue weighted by molar-refractivity contribution is -0.131. The number of rotatable bonds is 5. The summed E-state index contributed by atoms with van der Waals surface area (Å²) >= 11 is 0. The molecule has 154 valence electrons. The second kappa shape index (κ2) is 8.99. The van der Waals surface area contributed by atoms with Gasteiger partial charge in [0, 0.05) is 50.5 Å². The minimum Gasteiger partial charge on any atom is -0.497 e. The topological polar surface area (TPSA) is 53.1 Å². The van der Waals surface area contributed by atoms with E-state index in [1.807, 2.05) is 23.1 Å². The van der Waals surface area contributed by atoms with E-state index in [4.69, 9.17) is 4.74 Å². The van der Waals surface area contributed by atoms with Crippen LogP contribution in [0.3, 0.4) is 0 Å². The van der Waals surface area contributed by atoms with Crippen molar-refractivity contribution in [3.8, 4) is 5.75 Å². The fourth-order valence-corrected chi connectivity index (χ4v) is 3.67. The fourth-order valence-electron chi connectivity index (χ4n) is 3.67. The summed E-state index contributed by atoms with van der Waals surface area (Å²) in [5.74, 6) is 0.451. The van der Waals surface area contributed by atoms with Gasteiger partial charge in [-0.05, 0) is 43.2 Å². The van der Waals surface area contributed by atoms with Crippen molar-refractivity contribution in [1.82, 2.24) is 4.90 Å². The molecule has 1 aliphatic rings. The summed E-state index contributed by atoms with van der Waals surface area (Å²) in [6.07, 6.45) is 0. The second-order valence-electron chi connectivity index (χ2n) is 7.39. The van der Waals surface area contributed by atoms with Gasteiger partial charge in [0.2, 0.25) is 11.8 Å². The average Bonchev–Trinajstić information content (AvgIpc) is 2.73. The average molecular weight is 396 g/mol. The van der Waals surface area contributed by atoms with Crippen molar-refractivity contribution < 1.29 is 14.3 Å². The number of methoxy groups -OCH3 is 1. The maximum absolute atomic E-state index is 12.9. The van der Waals surface area contributed by atoms with E-state index in [0.717, 1.165) is 13.1 Å². The van der Waals surface area contributed by atoms with Crippen LogP contribution in [-0.4, -0.2) is 56.5 Å². The third kappa shape index (κ3) is 4.70. The Morgan fingerprint density at radius 3 is 2.38 bits per heavy atom. The van der Waals surface area contributed by atoms with Gasteiger partial charge in [-0.3, -0.25) is 9.59 Å². The summed E-state index contributed by atoms with van der Waals surface area (Å²) < 4.78 is 5.24. The molecule has 1 saturated heterocycles. The smallest absolute Gasteiger partial charge is 0.242 e. The molecule has 2 aromatic carbocycles. The maximum atomic E-state index is 12.9. The van der Waals surface area contributed by atoms with Crippen LogP contribution in [0.15, 0.2) is 42.5 Å². The van der Waals surface area contributed by atoms with Gasteiger partial charge in [0.15, 0.2) is 0 Å². The van der Waals surface area contributed by atoms with E-state index < -0.39 is 0 Å². The lowest BCUT2D eigenvalue weighted by atomic mass is 10.1. The molecular formula is C23H29N3O3. The molecule has 1 fully saturated rings. The van der Waals surface area contributed by atoms with E-state index in [1.54, 1.807) is 13.2 Å². The number of hydrogen-bond acceptors (Lipinski definition) is 4. The van der Waals surface area contributed by atoms with Crippen LogP contribution in [0.25, 0.3) is 0 Å². The number of carbonyl (C=O) groups excluding carboxylic acids is 2. The number of carbonyl (C=O) groups is 2. The van der Waals surface area contributed by atoms with Crippen LogP contribution >= 0.6 is 0 Å². The lowest BCUT2D eigenvalue weighted by Crippen LogP contribution is -2.52. The normalized spacial score (nSPS) is 13.9. The highest BCUT2D eigenvalue weighted by Gasteiger charge is 2.25. The molecule has 0 unspecified atom stereocenters. The predicted molar refractivity (Wildman–Crippen MR) is 116 cm³/mol. The zero-order chi connectivity index (χ0) is 21.0. The SMILES string of the molecule is COc1cccc(N(CC(=O)N2CCN(c3cccc(C)c3C)CC2)C(C)=O)c1. The Morgan fingerprint density at radius 1 is 1.03 bits per heavy atom. The minimum absolute atomic E-state index is 0.0337. The second-order valence-corrected chi connectivity index (χ2v) is 7.39. The Morgan fingerprint density at radius 2 is 1.72 bits per heavy atom. The Bertz CT molecular complexity index is 889. The van der Waals surface area contributed by atoms with Crippen molar-refractivity contribution in [2.75, 3.05) is 49.6 Å². The van der Waals surface area contributed by atoms with Gasteiger partial charge in [0.25, 0.3) is 0 Å².